The number of nitrogens with zero attached hydrogens (tertiary/aromatic N) is 1. The van der Waals surface area contributed by atoms with E-state index in [2.05, 4.69) is 10.6 Å². The molecule has 0 aliphatic heterocycles. The first-order valence-electron chi connectivity index (χ1n) is 7.07. The zero-order valence-corrected chi connectivity index (χ0v) is 13.5. The van der Waals surface area contributed by atoms with Crippen molar-refractivity contribution in [3.8, 4) is 0 Å². The van der Waals surface area contributed by atoms with Crippen molar-refractivity contribution >= 4 is 23.3 Å². The third-order valence-corrected chi connectivity index (χ3v) is 3.52. The fourth-order valence-corrected chi connectivity index (χ4v) is 2.07. The highest BCUT2D eigenvalue weighted by Gasteiger charge is 2.01. The topological polar surface area (TPSA) is 44.4 Å². The van der Waals surface area contributed by atoms with Gasteiger partial charge in [0.25, 0.3) is 0 Å². The van der Waals surface area contributed by atoms with Crippen LogP contribution in [0.4, 0.5) is 10.5 Å². The Hall–Kier alpha value is -2.20. The Bertz CT molecular complexity index is 609. The molecule has 116 valence electrons. The molecule has 2 N–H and O–H groups in total. The van der Waals surface area contributed by atoms with Crippen molar-refractivity contribution < 1.29 is 4.79 Å². The van der Waals surface area contributed by atoms with E-state index >= 15 is 0 Å². The maximum Gasteiger partial charge on any atom is 0.315 e. The largest absolute Gasteiger partial charge is 0.378 e. The van der Waals surface area contributed by atoms with Gasteiger partial charge in [-0.25, -0.2) is 4.79 Å². The molecule has 0 radical (unpaired) electrons. The van der Waals surface area contributed by atoms with Gasteiger partial charge in [-0.05, 0) is 35.4 Å². The van der Waals surface area contributed by atoms with Crippen LogP contribution in [0.25, 0.3) is 0 Å². The predicted octanol–water partition coefficient (Wildman–Crippen LogP) is 3.41. The molecule has 0 aliphatic carbocycles. The minimum absolute atomic E-state index is 0.188. The van der Waals surface area contributed by atoms with Gasteiger partial charge >= 0.3 is 6.03 Å². The van der Waals surface area contributed by atoms with Gasteiger partial charge in [0.15, 0.2) is 0 Å². The summed E-state index contributed by atoms with van der Waals surface area (Å²) in [5, 5.41) is 6.35. The standard InChI is InChI=1S/C17H20ClN3O/c1-21(2)16-9-5-14(6-10-16)12-20-17(22)19-11-13-3-7-15(18)8-4-13/h3-10H,11-12H2,1-2H3,(H2,19,20,22). The molecule has 0 saturated heterocycles. The summed E-state index contributed by atoms with van der Waals surface area (Å²) in [4.78, 5) is 13.8. The number of carbonyl (C=O) groups excluding carboxylic acids is 1. The lowest BCUT2D eigenvalue weighted by atomic mass is 10.2. The Morgan fingerprint density at radius 2 is 1.36 bits per heavy atom. The van der Waals surface area contributed by atoms with Crippen molar-refractivity contribution in [2.75, 3.05) is 19.0 Å². The molecular weight excluding hydrogens is 298 g/mol. The molecule has 0 unspecified atom stereocenters. The summed E-state index contributed by atoms with van der Waals surface area (Å²) < 4.78 is 0. The SMILES string of the molecule is CN(C)c1ccc(CNC(=O)NCc2ccc(Cl)cc2)cc1. The van der Waals surface area contributed by atoms with E-state index in [1.807, 2.05) is 67.5 Å². The Kier molecular flexibility index (Phi) is 5.67. The molecule has 0 atom stereocenters. The Labute approximate surface area is 136 Å². The zero-order chi connectivity index (χ0) is 15.9. The Balaban J connectivity index is 1.76. The van der Waals surface area contributed by atoms with Crippen molar-refractivity contribution in [3.63, 3.8) is 0 Å². The summed E-state index contributed by atoms with van der Waals surface area (Å²) in [5.74, 6) is 0. The molecule has 22 heavy (non-hydrogen) atoms. The minimum atomic E-state index is -0.188. The van der Waals surface area contributed by atoms with Gasteiger partial charge in [-0.2, -0.15) is 0 Å². The molecule has 0 aliphatic rings. The third kappa shape index (κ3) is 4.97. The highest BCUT2D eigenvalue weighted by molar-refractivity contribution is 6.30. The fraction of sp³-hybridized carbons (Fsp3) is 0.235. The number of halogens is 1. The van der Waals surface area contributed by atoms with Crippen molar-refractivity contribution in [3.05, 3.63) is 64.7 Å². The van der Waals surface area contributed by atoms with E-state index in [1.165, 1.54) is 0 Å². The van der Waals surface area contributed by atoms with Gasteiger partial charge in [0.05, 0.1) is 0 Å². The molecule has 5 heteroatoms. The quantitative estimate of drug-likeness (QED) is 0.887. The van der Waals surface area contributed by atoms with Crippen LogP contribution in [0.3, 0.4) is 0 Å². The van der Waals surface area contributed by atoms with Crippen LogP contribution in [0.2, 0.25) is 5.02 Å². The van der Waals surface area contributed by atoms with Crippen LogP contribution >= 0.6 is 11.6 Å². The summed E-state index contributed by atoms with van der Waals surface area (Å²) in [5.41, 5.74) is 3.21. The second-order valence-corrected chi connectivity index (χ2v) is 5.66. The number of nitrogens with one attached hydrogen (secondary N) is 2. The Morgan fingerprint density at radius 3 is 1.82 bits per heavy atom. The maximum absolute atomic E-state index is 11.8. The first-order valence-corrected chi connectivity index (χ1v) is 7.45. The van der Waals surface area contributed by atoms with E-state index in [-0.39, 0.29) is 6.03 Å². The maximum atomic E-state index is 11.8. The molecule has 0 bridgehead atoms. The van der Waals surface area contributed by atoms with E-state index in [0.717, 1.165) is 16.8 Å². The van der Waals surface area contributed by atoms with Crippen LogP contribution in [0, 0.1) is 0 Å². The normalized spacial score (nSPS) is 10.1. The number of anilines is 1. The molecule has 0 saturated carbocycles. The third-order valence-electron chi connectivity index (χ3n) is 3.27. The number of urea groups is 1. The molecule has 0 spiro atoms. The fourth-order valence-electron chi connectivity index (χ4n) is 1.94. The Morgan fingerprint density at radius 1 is 0.909 bits per heavy atom. The molecule has 2 amide bonds. The van der Waals surface area contributed by atoms with E-state index in [9.17, 15) is 4.79 Å². The number of amides is 2. The van der Waals surface area contributed by atoms with E-state index in [0.29, 0.717) is 18.1 Å². The molecular formula is C17H20ClN3O. The molecule has 0 fully saturated rings. The van der Waals surface area contributed by atoms with E-state index < -0.39 is 0 Å². The summed E-state index contributed by atoms with van der Waals surface area (Å²) in [7, 11) is 3.99. The van der Waals surface area contributed by atoms with Gasteiger partial charge < -0.3 is 15.5 Å². The predicted molar refractivity (Wildman–Crippen MR) is 91.3 cm³/mol. The summed E-state index contributed by atoms with van der Waals surface area (Å²) in [6.07, 6.45) is 0. The van der Waals surface area contributed by atoms with Crippen molar-refractivity contribution in [2.45, 2.75) is 13.1 Å². The van der Waals surface area contributed by atoms with Gasteiger partial charge in [0, 0.05) is 37.9 Å². The molecule has 0 aromatic heterocycles. The van der Waals surface area contributed by atoms with Crippen LogP contribution in [-0.2, 0) is 13.1 Å². The highest BCUT2D eigenvalue weighted by Crippen LogP contribution is 2.12. The number of carbonyl (C=O) groups is 1. The van der Waals surface area contributed by atoms with Crippen LogP contribution in [0.1, 0.15) is 11.1 Å². The van der Waals surface area contributed by atoms with Crippen LogP contribution in [-0.4, -0.2) is 20.1 Å². The number of hydrogen-bond donors (Lipinski definition) is 2. The molecule has 4 nitrogen and oxygen atoms in total. The van der Waals surface area contributed by atoms with Gasteiger partial charge in [-0.1, -0.05) is 35.9 Å². The number of benzene rings is 2. The first kappa shape index (κ1) is 16.2. The lowest BCUT2D eigenvalue weighted by molar-refractivity contribution is 0.240. The molecule has 2 rings (SSSR count). The van der Waals surface area contributed by atoms with Gasteiger partial charge in [0.1, 0.15) is 0 Å². The van der Waals surface area contributed by atoms with Gasteiger partial charge in [0.2, 0.25) is 0 Å². The lowest BCUT2D eigenvalue weighted by Gasteiger charge is -2.13. The van der Waals surface area contributed by atoms with Crippen molar-refractivity contribution in [2.24, 2.45) is 0 Å². The summed E-state index contributed by atoms with van der Waals surface area (Å²) in [6.45, 7) is 0.975. The minimum Gasteiger partial charge on any atom is -0.378 e. The van der Waals surface area contributed by atoms with Crippen LogP contribution in [0.15, 0.2) is 48.5 Å². The molecule has 2 aromatic rings. The average Bonchev–Trinajstić information content (AvgIpc) is 2.52. The van der Waals surface area contributed by atoms with E-state index in [4.69, 9.17) is 11.6 Å². The number of rotatable bonds is 5. The van der Waals surface area contributed by atoms with Crippen molar-refractivity contribution in [1.82, 2.24) is 10.6 Å². The molecule has 0 heterocycles. The average molecular weight is 318 g/mol. The van der Waals surface area contributed by atoms with E-state index in [1.54, 1.807) is 0 Å². The summed E-state index contributed by atoms with van der Waals surface area (Å²) in [6, 6.07) is 15.3. The van der Waals surface area contributed by atoms with Crippen molar-refractivity contribution in [1.29, 1.82) is 0 Å². The van der Waals surface area contributed by atoms with Crippen LogP contribution < -0.4 is 15.5 Å². The first-order chi connectivity index (χ1) is 10.5. The highest BCUT2D eigenvalue weighted by atomic mass is 35.5. The second kappa shape index (κ2) is 7.71. The monoisotopic (exact) mass is 317 g/mol. The zero-order valence-electron chi connectivity index (χ0n) is 12.8. The van der Waals surface area contributed by atoms with Crippen LogP contribution in [0.5, 0.6) is 0 Å². The lowest BCUT2D eigenvalue weighted by Crippen LogP contribution is -2.34. The number of hydrogen-bond acceptors (Lipinski definition) is 2. The smallest absolute Gasteiger partial charge is 0.315 e. The summed E-state index contributed by atoms with van der Waals surface area (Å²) >= 11 is 5.82. The van der Waals surface area contributed by atoms with Gasteiger partial charge in [-0.15, -0.1) is 0 Å². The molecule has 2 aromatic carbocycles. The van der Waals surface area contributed by atoms with Gasteiger partial charge in [-0.3, -0.25) is 0 Å². The second-order valence-electron chi connectivity index (χ2n) is 5.22.